The number of amides is 1. The fourth-order valence-electron chi connectivity index (χ4n) is 3.31. The first kappa shape index (κ1) is 11.3. The molecule has 1 unspecified atom stereocenters. The van der Waals surface area contributed by atoms with Crippen LogP contribution in [0.3, 0.4) is 0 Å². The summed E-state index contributed by atoms with van der Waals surface area (Å²) >= 11 is 0. The van der Waals surface area contributed by atoms with Crippen LogP contribution < -0.4 is 0 Å². The molecule has 1 amide bonds. The van der Waals surface area contributed by atoms with E-state index in [1.807, 2.05) is 0 Å². The molecule has 0 bridgehead atoms. The highest BCUT2D eigenvalue weighted by Gasteiger charge is 2.53. The zero-order valence-electron chi connectivity index (χ0n) is 10.5. The van der Waals surface area contributed by atoms with Crippen LogP contribution >= 0.6 is 0 Å². The van der Waals surface area contributed by atoms with Crippen molar-refractivity contribution < 1.29 is 9.59 Å². The van der Waals surface area contributed by atoms with E-state index in [0.29, 0.717) is 24.2 Å². The first-order valence-electron chi connectivity index (χ1n) is 6.25. The summed E-state index contributed by atoms with van der Waals surface area (Å²) in [6.07, 6.45) is 5.71. The lowest BCUT2D eigenvalue weighted by Crippen LogP contribution is -2.56. The molecule has 2 aliphatic rings. The number of rotatable bonds is 2. The number of nitrogens with zero attached hydrogens (tertiary/aromatic N) is 2. The van der Waals surface area contributed by atoms with Gasteiger partial charge in [0, 0.05) is 19.8 Å². The Kier molecular flexibility index (Phi) is 2.24. The molecule has 4 nitrogen and oxygen atoms in total. The van der Waals surface area contributed by atoms with Gasteiger partial charge in [-0.15, -0.1) is 6.58 Å². The minimum absolute atomic E-state index is 0.0172. The van der Waals surface area contributed by atoms with Crippen LogP contribution in [0.25, 0.3) is 0 Å². The second-order valence-electron chi connectivity index (χ2n) is 5.10. The van der Waals surface area contributed by atoms with Gasteiger partial charge in [0.2, 0.25) is 0 Å². The van der Waals surface area contributed by atoms with Crippen LogP contribution in [0.1, 0.15) is 40.1 Å². The van der Waals surface area contributed by atoms with E-state index in [0.717, 1.165) is 12.8 Å². The minimum atomic E-state index is -0.660. The molecular weight excluding hydrogens is 228 g/mol. The first-order valence-corrected chi connectivity index (χ1v) is 6.25. The predicted molar refractivity (Wildman–Crippen MR) is 67.6 cm³/mol. The molecule has 0 saturated carbocycles. The van der Waals surface area contributed by atoms with E-state index in [9.17, 15) is 9.59 Å². The molecule has 1 atom stereocenters. The average Bonchev–Trinajstić information content (AvgIpc) is 2.92. The quantitative estimate of drug-likeness (QED) is 0.744. The van der Waals surface area contributed by atoms with Crippen molar-refractivity contribution in [3.63, 3.8) is 0 Å². The van der Waals surface area contributed by atoms with Gasteiger partial charge in [0.25, 0.3) is 5.91 Å². The number of hydrogen-bond donors (Lipinski definition) is 0. The van der Waals surface area contributed by atoms with Crippen molar-refractivity contribution in [1.82, 2.24) is 9.47 Å². The predicted octanol–water partition coefficient (Wildman–Crippen LogP) is 1.77. The Morgan fingerprint density at radius 2 is 2.28 bits per heavy atom. The largest absolute Gasteiger partial charge is 0.346 e. The van der Waals surface area contributed by atoms with E-state index >= 15 is 0 Å². The van der Waals surface area contributed by atoms with Crippen molar-refractivity contribution in [2.45, 2.75) is 24.8 Å². The SMILES string of the molecule is C=CCC12CCCN1C(=O)c1c(ccn1C)C2=O. The maximum absolute atomic E-state index is 12.7. The van der Waals surface area contributed by atoms with Crippen molar-refractivity contribution in [3.8, 4) is 0 Å². The van der Waals surface area contributed by atoms with Crippen LogP contribution in [0, 0.1) is 0 Å². The van der Waals surface area contributed by atoms with Gasteiger partial charge >= 0.3 is 0 Å². The molecule has 0 radical (unpaired) electrons. The molecule has 2 aliphatic heterocycles. The van der Waals surface area contributed by atoms with Gasteiger partial charge in [0.1, 0.15) is 11.2 Å². The Morgan fingerprint density at radius 3 is 3.00 bits per heavy atom. The van der Waals surface area contributed by atoms with Gasteiger partial charge in [0.15, 0.2) is 5.78 Å². The van der Waals surface area contributed by atoms with Crippen LogP contribution in [0.15, 0.2) is 24.9 Å². The zero-order chi connectivity index (χ0) is 12.9. The molecule has 3 rings (SSSR count). The van der Waals surface area contributed by atoms with E-state index in [4.69, 9.17) is 0 Å². The smallest absolute Gasteiger partial charge is 0.272 e. The lowest BCUT2D eigenvalue weighted by molar-refractivity contribution is 0.0467. The van der Waals surface area contributed by atoms with Gasteiger partial charge in [-0.3, -0.25) is 9.59 Å². The number of ketones is 1. The van der Waals surface area contributed by atoms with Gasteiger partial charge in [-0.1, -0.05) is 6.08 Å². The van der Waals surface area contributed by atoms with E-state index in [1.165, 1.54) is 0 Å². The molecule has 0 aliphatic carbocycles. The molecule has 3 heterocycles. The Balaban J connectivity index is 2.21. The monoisotopic (exact) mass is 244 g/mol. The van der Waals surface area contributed by atoms with Gasteiger partial charge in [-0.05, 0) is 25.3 Å². The van der Waals surface area contributed by atoms with Crippen LogP contribution in [-0.2, 0) is 7.05 Å². The van der Waals surface area contributed by atoms with Crippen molar-refractivity contribution in [1.29, 1.82) is 0 Å². The summed E-state index contributed by atoms with van der Waals surface area (Å²) < 4.78 is 1.74. The minimum Gasteiger partial charge on any atom is -0.346 e. The highest BCUT2D eigenvalue weighted by molar-refractivity contribution is 6.17. The van der Waals surface area contributed by atoms with E-state index in [1.54, 1.807) is 34.9 Å². The zero-order valence-corrected chi connectivity index (χ0v) is 10.5. The summed E-state index contributed by atoms with van der Waals surface area (Å²) in [7, 11) is 1.81. The lowest BCUT2D eigenvalue weighted by Gasteiger charge is -2.40. The highest BCUT2D eigenvalue weighted by Crippen LogP contribution is 2.41. The summed E-state index contributed by atoms with van der Waals surface area (Å²) in [6, 6.07) is 1.76. The molecule has 0 spiro atoms. The number of carbonyl (C=O) groups is 2. The summed E-state index contributed by atoms with van der Waals surface area (Å²) in [5.41, 5.74) is 0.441. The second kappa shape index (κ2) is 3.57. The highest BCUT2D eigenvalue weighted by atomic mass is 16.2. The molecule has 0 N–H and O–H groups in total. The number of hydrogen-bond acceptors (Lipinski definition) is 2. The summed E-state index contributed by atoms with van der Waals surface area (Å²) in [4.78, 5) is 27.0. The Hall–Kier alpha value is -1.84. The molecule has 1 fully saturated rings. The van der Waals surface area contributed by atoms with Crippen LogP contribution in [0.5, 0.6) is 0 Å². The van der Waals surface area contributed by atoms with Gasteiger partial charge in [-0.25, -0.2) is 0 Å². The van der Waals surface area contributed by atoms with E-state index < -0.39 is 5.54 Å². The van der Waals surface area contributed by atoms with Gasteiger partial charge < -0.3 is 9.47 Å². The van der Waals surface area contributed by atoms with Crippen LogP contribution in [-0.4, -0.2) is 33.2 Å². The van der Waals surface area contributed by atoms with Gasteiger partial charge in [0.05, 0.1) is 5.56 Å². The Morgan fingerprint density at radius 1 is 1.50 bits per heavy atom. The number of aryl methyl sites for hydroxylation is 1. The standard InChI is InChI=1S/C14H16N2O2/c1-3-6-14-7-4-8-16(14)13(18)11-10(12(14)17)5-9-15(11)2/h3,5,9H,1,4,6-8H2,2H3. The summed E-state index contributed by atoms with van der Waals surface area (Å²) in [5, 5.41) is 0. The Bertz CT molecular complexity index is 558. The number of carbonyl (C=O) groups excluding carboxylic acids is 2. The number of fused-ring (bicyclic) bond motifs is 2. The van der Waals surface area contributed by atoms with E-state index in [2.05, 4.69) is 6.58 Å². The molecule has 1 aromatic heterocycles. The fraction of sp³-hybridized carbons (Fsp3) is 0.429. The summed E-state index contributed by atoms with van der Waals surface area (Å²) in [5.74, 6) is 0.0616. The molecule has 4 heteroatoms. The molecule has 94 valence electrons. The molecule has 18 heavy (non-hydrogen) atoms. The fourth-order valence-corrected chi connectivity index (χ4v) is 3.31. The maximum atomic E-state index is 12.7. The van der Waals surface area contributed by atoms with E-state index in [-0.39, 0.29) is 11.7 Å². The van der Waals surface area contributed by atoms with Crippen LogP contribution in [0.2, 0.25) is 0 Å². The molecular formula is C14H16N2O2. The Labute approximate surface area is 106 Å². The third-order valence-electron chi connectivity index (χ3n) is 4.16. The maximum Gasteiger partial charge on any atom is 0.272 e. The summed E-state index contributed by atoms with van der Waals surface area (Å²) in [6.45, 7) is 4.40. The van der Waals surface area contributed by atoms with Crippen molar-refractivity contribution in [2.24, 2.45) is 7.05 Å². The number of aromatic nitrogens is 1. The lowest BCUT2D eigenvalue weighted by atomic mass is 9.81. The van der Waals surface area contributed by atoms with Crippen molar-refractivity contribution in [2.75, 3.05) is 6.54 Å². The van der Waals surface area contributed by atoms with Gasteiger partial charge in [-0.2, -0.15) is 0 Å². The molecule has 1 aromatic rings. The third kappa shape index (κ3) is 1.15. The van der Waals surface area contributed by atoms with Crippen molar-refractivity contribution >= 4 is 11.7 Å². The normalized spacial score (nSPS) is 26.2. The average molecular weight is 244 g/mol. The first-order chi connectivity index (χ1) is 8.62. The second-order valence-corrected chi connectivity index (χ2v) is 5.10. The van der Waals surface area contributed by atoms with Crippen molar-refractivity contribution in [3.05, 3.63) is 36.2 Å². The number of Topliss-reactive ketones (excluding diaryl/α,β-unsaturated/α-hetero) is 1. The third-order valence-corrected chi connectivity index (χ3v) is 4.16. The molecule has 0 aromatic carbocycles. The molecule has 1 saturated heterocycles. The topological polar surface area (TPSA) is 42.3 Å². The van der Waals surface area contributed by atoms with Crippen LogP contribution in [0.4, 0.5) is 0 Å².